The van der Waals surface area contributed by atoms with Gasteiger partial charge in [0, 0.05) is 0 Å². The summed E-state index contributed by atoms with van der Waals surface area (Å²) in [5, 5.41) is 12.3. The molecule has 3 aromatic carbocycles. The average molecular weight is 359 g/mol. The van der Waals surface area contributed by atoms with Crippen LogP contribution in [0.25, 0.3) is 10.8 Å². The number of carboxylic acids is 1. The van der Waals surface area contributed by atoms with E-state index in [4.69, 9.17) is 0 Å². The van der Waals surface area contributed by atoms with Crippen molar-refractivity contribution in [3.05, 3.63) is 83.4 Å². The molecule has 1 aliphatic heterocycles. The van der Waals surface area contributed by atoms with Crippen molar-refractivity contribution in [2.45, 2.75) is 38.3 Å². The second kappa shape index (κ2) is 7.53. The number of carbonyl (C=O) groups is 1. The van der Waals surface area contributed by atoms with E-state index in [2.05, 4.69) is 72.5 Å². The van der Waals surface area contributed by atoms with Gasteiger partial charge < -0.3 is 5.11 Å². The minimum absolute atomic E-state index is 0.0568. The van der Waals surface area contributed by atoms with Crippen molar-refractivity contribution in [3.8, 4) is 0 Å². The van der Waals surface area contributed by atoms with Gasteiger partial charge in [-0.05, 0) is 53.8 Å². The largest absolute Gasteiger partial charge is 0.480 e. The molecular formula is C24H25NO2. The molecule has 0 amide bonds. The number of rotatable bonds is 4. The van der Waals surface area contributed by atoms with Crippen LogP contribution < -0.4 is 0 Å². The summed E-state index contributed by atoms with van der Waals surface area (Å²) in [7, 11) is 0. The summed E-state index contributed by atoms with van der Waals surface area (Å²) in [6.45, 7) is 2.92. The molecule has 0 saturated carbocycles. The summed E-state index contributed by atoms with van der Waals surface area (Å²) < 4.78 is 0. The highest BCUT2D eigenvalue weighted by Crippen LogP contribution is 2.38. The highest BCUT2D eigenvalue weighted by Gasteiger charge is 2.36. The second-order valence-electron chi connectivity index (χ2n) is 7.42. The van der Waals surface area contributed by atoms with Crippen LogP contribution in [0.3, 0.4) is 0 Å². The standard InChI is InChI=1S/C24H25NO2/c1-17-9-2-4-12-19(17)23(25-16-7-6-15-22(25)24(26)27)21-14-8-11-18-10-3-5-13-20(18)21/h2-5,8-14,22-23H,6-7,15-16H2,1H3,(H,26,27). The Balaban J connectivity index is 1.93. The molecule has 1 saturated heterocycles. The molecule has 3 aromatic rings. The summed E-state index contributed by atoms with van der Waals surface area (Å²) in [4.78, 5) is 14.2. The second-order valence-corrected chi connectivity index (χ2v) is 7.42. The van der Waals surface area contributed by atoms with Crippen LogP contribution in [0.15, 0.2) is 66.7 Å². The molecule has 0 spiro atoms. The van der Waals surface area contributed by atoms with Crippen molar-refractivity contribution >= 4 is 16.7 Å². The van der Waals surface area contributed by atoms with Crippen molar-refractivity contribution in [1.29, 1.82) is 0 Å². The Morgan fingerprint density at radius 2 is 1.67 bits per heavy atom. The number of piperidine rings is 1. The molecule has 3 heteroatoms. The predicted molar refractivity (Wildman–Crippen MR) is 109 cm³/mol. The lowest BCUT2D eigenvalue weighted by Crippen LogP contribution is -2.47. The fraction of sp³-hybridized carbons (Fsp3) is 0.292. The molecule has 27 heavy (non-hydrogen) atoms. The molecule has 3 nitrogen and oxygen atoms in total. The fourth-order valence-corrected chi connectivity index (χ4v) is 4.44. The molecule has 1 N–H and O–H groups in total. The molecule has 0 bridgehead atoms. The maximum absolute atomic E-state index is 12.0. The Morgan fingerprint density at radius 1 is 0.963 bits per heavy atom. The van der Waals surface area contributed by atoms with Crippen molar-refractivity contribution < 1.29 is 9.90 Å². The van der Waals surface area contributed by atoms with Gasteiger partial charge in [-0.2, -0.15) is 0 Å². The molecule has 4 rings (SSSR count). The van der Waals surface area contributed by atoms with Crippen molar-refractivity contribution in [2.75, 3.05) is 6.54 Å². The number of benzene rings is 3. The highest BCUT2D eigenvalue weighted by molar-refractivity contribution is 5.86. The number of fused-ring (bicyclic) bond motifs is 1. The monoisotopic (exact) mass is 359 g/mol. The fourth-order valence-electron chi connectivity index (χ4n) is 4.44. The van der Waals surface area contributed by atoms with E-state index in [0.717, 1.165) is 19.4 Å². The maximum Gasteiger partial charge on any atom is 0.320 e. The van der Waals surface area contributed by atoms with E-state index in [1.54, 1.807) is 0 Å². The van der Waals surface area contributed by atoms with E-state index in [1.165, 1.54) is 27.5 Å². The number of likely N-dealkylation sites (tertiary alicyclic amines) is 1. The van der Waals surface area contributed by atoms with Gasteiger partial charge in [0.05, 0.1) is 6.04 Å². The Hall–Kier alpha value is -2.65. The Morgan fingerprint density at radius 3 is 2.48 bits per heavy atom. The summed E-state index contributed by atoms with van der Waals surface area (Å²) in [6.07, 6.45) is 2.73. The van der Waals surface area contributed by atoms with E-state index in [1.807, 2.05) is 6.07 Å². The molecule has 2 atom stereocenters. The van der Waals surface area contributed by atoms with Crippen LogP contribution in [0.1, 0.15) is 42.0 Å². The van der Waals surface area contributed by atoms with Gasteiger partial charge >= 0.3 is 5.97 Å². The zero-order valence-corrected chi connectivity index (χ0v) is 15.6. The van der Waals surface area contributed by atoms with Crippen LogP contribution in [0.4, 0.5) is 0 Å². The van der Waals surface area contributed by atoms with Crippen LogP contribution in [-0.4, -0.2) is 28.6 Å². The SMILES string of the molecule is Cc1ccccc1C(c1cccc2ccccc12)N1CCCCC1C(=O)O. The molecule has 0 aliphatic carbocycles. The van der Waals surface area contributed by atoms with Gasteiger partial charge in [0.25, 0.3) is 0 Å². The minimum Gasteiger partial charge on any atom is -0.480 e. The molecule has 138 valence electrons. The molecule has 0 aromatic heterocycles. The zero-order chi connectivity index (χ0) is 18.8. The van der Waals surface area contributed by atoms with Gasteiger partial charge in [-0.25, -0.2) is 0 Å². The Kier molecular flexibility index (Phi) is 4.95. The van der Waals surface area contributed by atoms with Crippen molar-refractivity contribution in [1.82, 2.24) is 4.90 Å². The quantitative estimate of drug-likeness (QED) is 0.698. The lowest BCUT2D eigenvalue weighted by atomic mass is 9.87. The van der Waals surface area contributed by atoms with Gasteiger partial charge in [0.1, 0.15) is 6.04 Å². The lowest BCUT2D eigenvalue weighted by Gasteiger charge is -2.40. The summed E-state index contributed by atoms with van der Waals surface area (Å²) in [6, 6.07) is 22.6. The van der Waals surface area contributed by atoms with E-state index in [9.17, 15) is 9.90 Å². The number of carboxylic acid groups (broad SMARTS) is 1. The highest BCUT2D eigenvalue weighted by atomic mass is 16.4. The average Bonchev–Trinajstić information content (AvgIpc) is 2.70. The van der Waals surface area contributed by atoms with E-state index in [-0.39, 0.29) is 6.04 Å². The van der Waals surface area contributed by atoms with Crippen LogP contribution >= 0.6 is 0 Å². The van der Waals surface area contributed by atoms with Crippen LogP contribution in [0.5, 0.6) is 0 Å². The van der Waals surface area contributed by atoms with E-state index >= 15 is 0 Å². The third-order valence-electron chi connectivity index (χ3n) is 5.76. The first-order chi connectivity index (χ1) is 13.2. The van der Waals surface area contributed by atoms with Gasteiger partial charge in [0.2, 0.25) is 0 Å². The topological polar surface area (TPSA) is 40.5 Å². The Bertz CT molecular complexity index is 960. The van der Waals surface area contributed by atoms with Crippen molar-refractivity contribution in [2.24, 2.45) is 0 Å². The summed E-state index contributed by atoms with van der Waals surface area (Å²) in [5.41, 5.74) is 3.59. The molecular weight excluding hydrogens is 334 g/mol. The number of hydrogen-bond acceptors (Lipinski definition) is 2. The van der Waals surface area contributed by atoms with E-state index < -0.39 is 12.0 Å². The van der Waals surface area contributed by atoms with Crippen LogP contribution in [0.2, 0.25) is 0 Å². The third-order valence-corrected chi connectivity index (χ3v) is 5.76. The van der Waals surface area contributed by atoms with Gasteiger partial charge in [0.15, 0.2) is 0 Å². The van der Waals surface area contributed by atoms with Gasteiger partial charge in [-0.1, -0.05) is 73.2 Å². The first-order valence-corrected chi connectivity index (χ1v) is 9.68. The number of aryl methyl sites for hydroxylation is 1. The lowest BCUT2D eigenvalue weighted by molar-refractivity contribution is -0.145. The van der Waals surface area contributed by atoms with Gasteiger partial charge in [-0.15, -0.1) is 0 Å². The smallest absolute Gasteiger partial charge is 0.320 e. The molecule has 1 fully saturated rings. The zero-order valence-electron chi connectivity index (χ0n) is 15.6. The number of aliphatic carboxylic acids is 1. The van der Waals surface area contributed by atoms with Crippen LogP contribution in [0, 0.1) is 6.92 Å². The van der Waals surface area contributed by atoms with Crippen LogP contribution in [-0.2, 0) is 4.79 Å². The van der Waals surface area contributed by atoms with E-state index in [0.29, 0.717) is 6.42 Å². The first kappa shape index (κ1) is 17.7. The van der Waals surface area contributed by atoms with Crippen molar-refractivity contribution in [3.63, 3.8) is 0 Å². The molecule has 1 aliphatic rings. The predicted octanol–water partition coefficient (Wildman–Crippen LogP) is 5.18. The molecule has 1 heterocycles. The normalized spacial score (nSPS) is 19.1. The Labute approximate surface area is 160 Å². The number of nitrogens with zero attached hydrogens (tertiary/aromatic N) is 1. The molecule has 0 radical (unpaired) electrons. The number of hydrogen-bond donors (Lipinski definition) is 1. The van der Waals surface area contributed by atoms with Gasteiger partial charge in [-0.3, -0.25) is 9.69 Å². The minimum atomic E-state index is -0.714. The summed E-state index contributed by atoms with van der Waals surface area (Å²) in [5.74, 6) is -0.714. The summed E-state index contributed by atoms with van der Waals surface area (Å²) >= 11 is 0. The third kappa shape index (κ3) is 3.35. The maximum atomic E-state index is 12.0. The molecule has 2 unspecified atom stereocenters. The first-order valence-electron chi connectivity index (χ1n) is 9.68.